The zero-order valence-corrected chi connectivity index (χ0v) is 12.2. The molecule has 1 aliphatic rings. The highest BCUT2D eigenvalue weighted by Crippen LogP contribution is 2.15. The van der Waals surface area contributed by atoms with Gasteiger partial charge in [0.2, 0.25) is 0 Å². The van der Waals surface area contributed by atoms with Crippen molar-refractivity contribution in [2.45, 2.75) is 90.4 Å². The second-order valence-corrected chi connectivity index (χ2v) is 5.83. The summed E-state index contributed by atoms with van der Waals surface area (Å²) in [5, 5.41) is 0. The van der Waals surface area contributed by atoms with E-state index in [1.807, 2.05) is 0 Å². The molecule has 0 N–H and O–H groups in total. The highest BCUT2D eigenvalue weighted by Gasteiger charge is 2.01. The lowest BCUT2D eigenvalue weighted by Gasteiger charge is -2.05. The van der Waals surface area contributed by atoms with Gasteiger partial charge in [-0.3, -0.25) is 4.79 Å². The Labute approximate surface area is 113 Å². The molecule has 0 aromatic heterocycles. The molecule has 1 rings (SSSR count). The second kappa shape index (κ2) is 10.3. The molecule has 0 saturated carbocycles. The van der Waals surface area contributed by atoms with Gasteiger partial charge in [0, 0.05) is 12.8 Å². The Hall–Kier alpha value is -0.590. The summed E-state index contributed by atoms with van der Waals surface area (Å²) in [5.41, 5.74) is 1.41. The Morgan fingerprint density at radius 3 is 1.72 bits per heavy atom. The Morgan fingerprint density at radius 2 is 1.17 bits per heavy atom. The largest absolute Gasteiger partial charge is 0.299 e. The van der Waals surface area contributed by atoms with Crippen LogP contribution in [0.1, 0.15) is 90.4 Å². The molecular formula is C17H30O. The summed E-state index contributed by atoms with van der Waals surface area (Å²) in [7, 11) is 0. The molecular weight excluding hydrogens is 220 g/mol. The molecule has 0 saturated heterocycles. The van der Waals surface area contributed by atoms with Crippen LogP contribution in [0.2, 0.25) is 0 Å². The van der Waals surface area contributed by atoms with Gasteiger partial charge in [-0.1, -0.05) is 63.0 Å². The van der Waals surface area contributed by atoms with Gasteiger partial charge in [0.1, 0.15) is 5.78 Å². The van der Waals surface area contributed by atoms with Gasteiger partial charge in [0.05, 0.1) is 0 Å². The van der Waals surface area contributed by atoms with Crippen LogP contribution in [0.3, 0.4) is 0 Å². The minimum absolute atomic E-state index is 0.432. The molecule has 0 fully saturated rings. The van der Waals surface area contributed by atoms with Gasteiger partial charge < -0.3 is 0 Å². The van der Waals surface area contributed by atoms with Crippen LogP contribution in [0.4, 0.5) is 0 Å². The third-order valence-corrected chi connectivity index (χ3v) is 3.95. The van der Waals surface area contributed by atoms with Gasteiger partial charge in [-0.15, -0.1) is 0 Å². The number of carbonyl (C=O) groups is 1. The van der Waals surface area contributed by atoms with E-state index in [0.717, 1.165) is 12.8 Å². The van der Waals surface area contributed by atoms with Gasteiger partial charge in [-0.2, -0.15) is 0 Å². The van der Waals surface area contributed by atoms with Gasteiger partial charge >= 0.3 is 0 Å². The van der Waals surface area contributed by atoms with Gasteiger partial charge in [-0.05, 0) is 26.2 Å². The Bertz CT molecular complexity index is 252. The molecule has 0 aliphatic heterocycles. The average molecular weight is 250 g/mol. The first kappa shape index (κ1) is 15.5. The van der Waals surface area contributed by atoms with Crippen molar-refractivity contribution in [1.82, 2.24) is 0 Å². The molecule has 0 radical (unpaired) electrons. The minimum atomic E-state index is 0.432. The smallest absolute Gasteiger partial charge is 0.136 e. The quantitative estimate of drug-likeness (QED) is 0.512. The fourth-order valence-electron chi connectivity index (χ4n) is 2.63. The highest BCUT2D eigenvalue weighted by atomic mass is 16.1. The lowest BCUT2D eigenvalue weighted by molar-refractivity contribution is -0.118. The van der Waals surface area contributed by atoms with Crippen molar-refractivity contribution < 1.29 is 4.79 Å². The van der Waals surface area contributed by atoms with E-state index in [4.69, 9.17) is 0 Å². The maximum atomic E-state index is 11.7. The molecule has 0 aromatic rings. The first-order valence-electron chi connectivity index (χ1n) is 7.96. The third-order valence-electron chi connectivity index (χ3n) is 3.95. The zero-order valence-electron chi connectivity index (χ0n) is 12.2. The summed E-state index contributed by atoms with van der Waals surface area (Å²) in [6, 6.07) is 0. The predicted octanol–water partition coefficient (Wildman–Crippen LogP) is 5.59. The molecule has 1 heteroatoms. The van der Waals surface area contributed by atoms with Crippen molar-refractivity contribution >= 4 is 5.78 Å². The summed E-state index contributed by atoms with van der Waals surface area (Å²) < 4.78 is 0. The number of Topliss-reactive ketones (excluding diaryl/α,β-unsaturated/α-hetero) is 1. The standard InChI is InChI=1S/C17H30O/c1-16-12-10-8-6-4-2-3-5-7-9-11-13-17(18)15-14-16/h14H,2-13,15H2,1H3. The summed E-state index contributed by atoms with van der Waals surface area (Å²) in [5.74, 6) is 0.432. The Balaban J connectivity index is 2.30. The van der Waals surface area contributed by atoms with Gasteiger partial charge in [0.25, 0.3) is 0 Å². The monoisotopic (exact) mass is 250 g/mol. The first-order valence-corrected chi connectivity index (χ1v) is 7.96. The molecule has 0 unspecified atom stereocenters. The van der Waals surface area contributed by atoms with Crippen LogP contribution in [0.15, 0.2) is 11.6 Å². The molecule has 0 amide bonds. The van der Waals surface area contributed by atoms with Gasteiger partial charge in [-0.25, -0.2) is 0 Å². The van der Waals surface area contributed by atoms with Crippen LogP contribution < -0.4 is 0 Å². The van der Waals surface area contributed by atoms with Crippen LogP contribution >= 0.6 is 0 Å². The maximum absolute atomic E-state index is 11.7. The summed E-state index contributed by atoms with van der Waals surface area (Å²) >= 11 is 0. The number of ketones is 1. The van der Waals surface area contributed by atoms with Crippen LogP contribution in [0.5, 0.6) is 0 Å². The van der Waals surface area contributed by atoms with Gasteiger partial charge in [0.15, 0.2) is 0 Å². The first-order chi connectivity index (χ1) is 8.79. The van der Waals surface area contributed by atoms with Crippen molar-refractivity contribution in [3.05, 3.63) is 11.6 Å². The van der Waals surface area contributed by atoms with Crippen LogP contribution in [0, 0.1) is 0 Å². The second-order valence-electron chi connectivity index (χ2n) is 5.83. The van der Waals surface area contributed by atoms with Crippen molar-refractivity contribution in [2.75, 3.05) is 0 Å². The van der Waals surface area contributed by atoms with Crippen LogP contribution in [-0.4, -0.2) is 5.78 Å². The summed E-state index contributed by atoms with van der Waals surface area (Å²) in [6.07, 6.45) is 18.1. The van der Waals surface area contributed by atoms with Crippen LogP contribution in [-0.2, 0) is 4.79 Å². The van der Waals surface area contributed by atoms with E-state index in [0.29, 0.717) is 12.2 Å². The molecule has 1 aliphatic carbocycles. The molecule has 1 nitrogen and oxygen atoms in total. The van der Waals surface area contributed by atoms with E-state index < -0.39 is 0 Å². The normalized spacial score (nSPS) is 22.5. The zero-order chi connectivity index (χ0) is 13.1. The molecule has 0 aromatic carbocycles. The van der Waals surface area contributed by atoms with E-state index in [1.165, 1.54) is 69.8 Å². The predicted molar refractivity (Wildman–Crippen MR) is 78.8 cm³/mol. The number of rotatable bonds is 0. The molecule has 18 heavy (non-hydrogen) atoms. The van der Waals surface area contributed by atoms with Crippen molar-refractivity contribution in [3.8, 4) is 0 Å². The Morgan fingerprint density at radius 1 is 0.722 bits per heavy atom. The van der Waals surface area contributed by atoms with E-state index in [9.17, 15) is 4.79 Å². The van der Waals surface area contributed by atoms with Crippen molar-refractivity contribution in [2.24, 2.45) is 0 Å². The lowest BCUT2D eigenvalue weighted by Crippen LogP contribution is -1.96. The van der Waals surface area contributed by atoms with E-state index >= 15 is 0 Å². The fraction of sp³-hybridized carbons (Fsp3) is 0.824. The topological polar surface area (TPSA) is 17.1 Å². The molecule has 104 valence electrons. The van der Waals surface area contributed by atoms with E-state index in [2.05, 4.69) is 13.0 Å². The third kappa shape index (κ3) is 8.49. The Kier molecular flexibility index (Phi) is 8.89. The van der Waals surface area contributed by atoms with Crippen molar-refractivity contribution in [3.63, 3.8) is 0 Å². The SMILES string of the molecule is CC1=CCC(=O)CCCCCCCCCCCC1. The van der Waals surface area contributed by atoms with Crippen molar-refractivity contribution in [1.29, 1.82) is 0 Å². The molecule has 0 bridgehead atoms. The lowest BCUT2D eigenvalue weighted by atomic mass is 10.0. The minimum Gasteiger partial charge on any atom is -0.299 e. The number of hydrogen-bond acceptors (Lipinski definition) is 1. The number of hydrogen-bond donors (Lipinski definition) is 0. The molecule has 0 spiro atoms. The van der Waals surface area contributed by atoms with Crippen LogP contribution in [0.25, 0.3) is 0 Å². The fourth-order valence-corrected chi connectivity index (χ4v) is 2.63. The number of allylic oxidation sites excluding steroid dienone is 2. The maximum Gasteiger partial charge on any atom is 0.136 e. The number of carbonyl (C=O) groups excluding carboxylic acids is 1. The summed E-state index contributed by atoms with van der Waals surface area (Å²) in [6.45, 7) is 2.18. The highest BCUT2D eigenvalue weighted by molar-refractivity contribution is 5.79. The van der Waals surface area contributed by atoms with E-state index in [-0.39, 0.29) is 0 Å². The molecule has 0 atom stereocenters. The average Bonchev–Trinajstić information content (AvgIpc) is 2.36. The summed E-state index contributed by atoms with van der Waals surface area (Å²) in [4.78, 5) is 11.7. The van der Waals surface area contributed by atoms with E-state index in [1.54, 1.807) is 0 Å². The molecule has 0 heterocycles.